The molecule has 0 atom stereocenters. The largest absolute Gasteiger partial charge is 0.329 e. The minimum absolute atomic E-state index is 0.108. The molecule has 0 saturated heterocycles. The lowest BCUT2D eigenvalue weighted by atomic mass is 9.68. The van der Waals surface area contributed by atoms with Gasteiger partial charge >= 0.3 is 0 Å². The Morgan fingerprint density at radius 1 is 1.26 bits per heavy atom. The van der Waals surface area contributed by atoms with Gasteiger partial charge in [0.05, 0.1) is 5.41 Å². The van der Waals surface area contributed by atoms with Crippen molar-refractivity contribution in [1.29, 1.82) is 0 Å². The van der Waals surface area contributed by atoms with Crippen molar-refractivity contribution in [3.8, 4) is 0 Å². The van der Waals surface area contributed by atoms with E-state index >= 15 is 0 Å². The van der Waals surface area contributed by atoms with Gasteiger partial charge < -0.3 is 11.1 Å². The molecule has 3 nitrogen and oxygen atoms in total. The van der Waals surface area contributed by atoms with E-state index in [1.54, 1.807) is 0 Å². The van der Waals surface area contributed by atoms with E-state index in [4.69, 9.17) is 5.73 Å². The van der Waals surface area contributed by atoms with E-state index in [0.717, 1.165) is 37.8 Å². The lowest BCUT2D eigenvalue weighted by Gasteiger charge is -2.39. The lowest BCUT2D eigenvalue weighted by Crippen LogP contribution is -2.47. The molecule has 0 bridgehead atoms. The van der Waals surface area contributed by atoms with Crippen LogP contribution >= 0.6 is 0 Å². The number of hydrogen-bond acceptors (Lipinski definition) is 2. The third-order valence-electron chi connectivity index (χ3n) is 4.42. The molecule has 104 valence electrons. The van der Waals surface area contributed by atoms with E-state index in [2.05, 4.69) is 37.4 Å². The molecule has 3 heteroatoms. The number of hydrogen-bond donors (Lipinski definition) is 2. The van der Waals surface area contributed by atoms with Crippen molar-refractivity contribution in [2.45, 2.75) is 46.0 Å². The molecule has 1 aliphatic carbocycles. The lowest BCUT2D eigenvalue weighted by molar-refractivity contribution is -0.129. The molecule has 0 unspecified atom stereocenters. The monoisotopic (exact) mass is 260 g/mol. The fourth-order valence-electron chi connectivity index (χ4n) is 2.78. The van der Waals surface area contributed by atoms with E-state index in [1.807, 2.05) is 0 Å². The standard InChI is InChI=1S/C16H24N2O/c1-3-12-7-5-8-13(4-2)14(12)18-15(19)16(11-17)9-6-10-16/h5,7-8H,3-4,6,9-11,17H2,1-2H3,(H,18,19). The van der Waals surface area contributed by atoms with Crippen LogP contribution in [0.4, 0.5) is 5.69 Å². The van der Waals surface area contributed by atoms with Gasteiger partial charge in [0, 0.05) is 12.2 Å². The van der Waals surface area contributed by atoms with Crippen molar-refractivity contribution in [1.82, 2.24) is 0 Å². The zero-order chi connectivity index (χ0) is 13.9. The Morgan fingerprint density at radius 2 is 1.84 bits per heavy atom. The van der Waals surface area contributed by atoms with Crippen molar-refractivity contribution < 1.29 is 4.79 Å². The van der Waals surface area contributed by atoms with E-state index in [-0.39, 0.29) is 11.3 Å². The number of nitrogens with one attached hydrogen (secondary N) is 1. The van der Waals surface area contributed by atoms with Crippen LogP contribution < -0.4 is 11.1 Å². The van der Waals surface area contributed by atoms with Crippen molar-refractivity contribution in [2.24, 2.45) is 11.1 Å². The van der Waals surface area contributed by atoms with Crippen molar-refractivity contribution >= 4 is 11.6 Å². The summed E-state index contributed by atoms with van der Waals surface area (Å²) < 4.78 is 0. The van der Waals surface area contributed by atoms with Gasteiger partial charge in [-0.25, -0.2) is 0 Å². The van der Waals surface area contributed by atoms with Crippen LogP contribution in [0, 0.1) is 5.41 Å². The molecule has 19 heavy (non-hydrogen) atoms. The van der Waals surface area contributed by atoms with E-state index in [9.17, 15) is 4.79 Å². The molecule has 0 aromatic heterocycles. The van der Waals surface area contributed by atoms with Crippen molar-refractivity contribution in [3.05, 3.63) is 29.3 Å². The first-order chi connectivity index (χ1) is 9.16. The number of carbonyl (C=O) groups is 1. The Bertz CT molecular complexity index is 436. The number of anilines is 1. The van der Waals surface area contributed by atoms with Gasteiger partial charge in [-0.05, 0) is 36.8 Å². The summed E-state index contributed by atoms with van der Waals surface area (Å²) in [6.07, 6.45) is 4.81. The molecule has 1 aromatic carbocycles. The van der Waals surface area contributed by atoms with Crippen LogP contribution in [-0.4, -0.2) is 12.5 Å². The summed E-state index contributed by atoms with van der Waals surface area (Å²) in [4.78, 5) is 12.5. The van der Waals surface area contributed by atoms with Gasteiger partial charge in [0.1, 0.15) is 0 Å². The molecular weight excluding hydrogens is 236 g/mol. The topological polar surface area (TPSA) is 55.1 Å². The first kappa shape index (κ1) is 14.1. The van der Waals surface area contributed by atoms with Crippen LogP contribution in [0.1, 0.15) is 44.2 Å². The number of para-hydroxylation sites is 1. The zero-order valence-electron chi connectivity index (χ0n) is 12.0. The second-order valence-corrected chi connectivity index (χ2v) is 5.45. The third-order valence-corrected chi connectivity index (χ3v) is 4.42. The Morgan fingerprint density at radius 3 is 2.21 bits per heavy atom. The second-order valence-electron chi connectivity index (χ2n) is 5.45. The molecule has 1 aliphatic rings. The summed E-state index contributed by atoms with van der Waals surface area (Å²) in [5.74, 6) is 0.108. The number of aryl methyl sites for hydroxylation is 2. The molecule has 1 amide bonds. The summed E-state index contributed by atoms with van der Waals surface area (Å²) in [6.45, 7) is 4.69. The second kappa shape index (κ2) is 5.74. The van der Waals surface area contributed by atoms with Gasteiger partial charge in [0.2, 0.25) is 5.91 Å². The molecule has 2 rings (SSSR count). The molecule has 0 aliphatic heterocycles. The zero-order valence-corrected chi connectivity index (χ0v) is 12.0. The molecule has 3 N–H and O–H groups in total. The minimum Gasteiger partial charge on any atom is -0.329 e. The van der Waals surface area contributed by atoms with E-state index in [0.29, 0.717) is 6.54 Å². The van der Waals surface area contributed by atoms with Gasteiger partial charge in [-0.3, -0.25) is 4.79 Å². The number of nitrogens with two attached hydrogens (primary N) is 1. The van der Waals surface area contributed by atoms with Crippen molar-refractivity contribution in [3.63, 3.8) is 0 Å². The first-order valence-electron chi connectivity index (χ1n) is 7.29. The molecular formula is C16H24N2O. The highest BCUT2D eigenvalue weighted by atomic mass is 16.2. The van der Waals surface area contributed by atoms with Crippen LogP contribution in [0.3, 0.4) is 0 Å². The molecule has 1 fully saturated rings. The Kier molecular flexibility index (Phi) is 4.25. The summed E-state index contributed by atoms with van der Waals surface area (Å²) in [5, 5.41) is 3.16. The molecule has 1 saturated carbocycles. The van der Waals surface area contributed by atoms with E-state index < -0.39 is 0 Å². The van der Waals surface area contributed by atoms with Crippen LogP contribution in [0.25, 0.3) is 0 Å². The summed E-state index contributed by atoms with van der Waals surface area (Å²) >= 11 is 0. The normalized spacial score (nSPS) is 16.8. The Labute approximate surface area is 115 Å². The van der Waals surface area contributed by atoms with Crippen molar-refractivity contribution in [2.75, 3.05) is 11.9 Å². The van der Waals surface area contributed by atoms with Crippen LogP contribution in [0.5, 0.6) is 0 Å². The highest BCUT2D eigenvalue weighted by Gasteiger charge is 2.43. The average molecular weight is 260 g/mol. The Hall–Kier alpha value is -1.35. The molecule has 1 aromatic rings. The van der Waals surface area contributed by atoms with Gasteiger partial charge in [-0.1, -0.05) is 38.5 Å². The van der Waals surface area contributed by atoms with Gasteiger partial charge in [0.15, 0.2) is 0 Å². The maximum atomic E-state index is 12.5. The quantitative estimate of drug-likeness (QED) is 0.855. The highest BCUT2D eigenvalue weighted by molar-refractivity contribution is 5.97. The fourth-order valence-corrected chi connectivity index (χ4v) is 2.78. The summed E-state index contributed by atoms with van der Waals surface area (Å²) in [6, 6.07) is 6.24. The number of rotatable bonds is 5. The van der Waals surface area contributed by atoms with Gasteiger partial charge in [-0.2, -0.15) is 0 Å². The summed E-state index contributed by atoms with van der Waals surface area (Å²) in [5.41, 5.74) is 8.92. The number of carbonyl (C=O) groups excluding carboxylic acids is 1. The summed E-state index contributed by atoms with van der Waals surface area (Å²) in [7, 11) is 0. The maximum Gasteiger partial charge on any atom is 0.231 e. The first-order valence-corrected chi connectivity index (χ1v) is 7.29. The smallest absolute Gasteiger partial charge is 0.231 e. The maximum absolute atomic E-state index is 12.5. The van der Waals surface area contributed by atoms with E-state index in [1.165, 1.54) is 11.1 Å². The van der Waals surface area contributed by atoms with Crippen LogP contribution in [0.2, 0.25) is 0 Å². The van der Waals surface area contributed by atoms with Gasteiger partial charge in [-0.15, -0.1) is 0 Å². The Balaban J connectivity index is 2.25. The average Bonchev–Trinajstić information content (AvgIpc) is 2.38. The van der Waals surface area contributed by atoms with Gasteiger partial charge in [0.25, 0.3) is 0 Å². The molecule has 0 radical (unpaired) electrons. The predicted octanol–water partition coefficient (Wildman–Crippen LogP) is 2.88. The molecule has 0 spiro atoms. The number of amides is 1. The number of benzene rings is 1. The SMILES string of the molecule is CCc1cccc(CC)c1NC(=O)C1(CN)CCC1. The van der Waals surface area contributed by atoms with Crippen LogP contribution in [0.15, 0.2) is 18.2 Å². The predicted molar refractivity (Wildman–Crippen MR) is 79.2 cm³/mol. The fraction of sp³-hybridized carbons (Fsp3) is 0.562. The van der Waals surface area contributed by atoms with Crippen LogP contribution in [-0.2, 0) is 17.6 Å². The third kappa shape index (κ3) is 2.52. The highest BCUT2D eigenvalue weighted by Crippen LogP contribution is 2.41. The molecule has 0 heterocycles. The minimum atomic E-state index is -0.314.